The molecule has 26 heavy (non-hydrogen) atoms. The van der Waals surface area contributed by atoms with Crippen LogP contribution in [0.25, 0.3) is 0 Å². The lowest BCUT2D eigenvalue weighted by atomic mass is 10.1. The minimum atomic E-state index is -1.39. The molecule has 1 aliphatic rings. The monoisotopic (exact) mass is 494 g/mol. The lowest BCUT2D eigenvalue weighted by molar-refractivity contribution is 0.0266. The van der Waals surface area contributed by atoms with E-state index in [1.165, 1.54) is 6.07 Å². The Morgan fingerprint density at radius 1 is 1.31 bits per heavy atom. The summed E-state index contributed by atoms with van der Waals surface area (Å²) in [6.07, 6.45) is 2.01. The lowest BCUT2D eigenvalue weighted by Gasteiger charge is -2.21. The molecule has 0 aromatic heterocycles. The Bertz CT molecular complexity index is 849. The maximum absolute atomic E-state index is 14.3. The van der Waals surface area contributed by atoms with Crippen molar-refractivity contribution in [2.75, 3.05) is 11.7 Å². The van der Waals surface area contributed by atoms with Crippen molar-refractivity contribution in [1.82, 2.24) is 5.48 Å². The first-order valence-electron chi connectivity index (χ1n) is 7.72. The third-order valence-corrected chi connectivity index (χ3v) is 4.82. The van der Waals surface area contributed by atoms with Crippen molar-refractivity contribution in [3.8, 4) is 0 Å². The number of hydrogen-bond donors (Lipinski definition) is 2. The van der Waals surface area contributed by atoms with Crippen LogP contribution >= 0.6 is 34.2 Å². The van der Waals surface area contributed by atoms with Crippen LogP contribution in [0, 0.1) is 21.1 Å². The molecule has 0 unspecified atom stereocenters. The van der Waals surface area contributed by atoms with E-state index < -0.39 is 23.1 Å². The molecule has 5 nitrogen and oxygen atoms in total. The lowest BCUT2D eigenvalue weighted by Crippen LogP contribution is -2.28. The molecule has 1 amide bonds. The van der Waals surface area contributed by atoms with Crippen molar-refractivity contribution >= 4 is 51.5 Å². The van der Waals surface area contributed by atoms with E-state index in [4.69, 9.17) is 16.4 Å². The maximum Gasteiger partial charge on any atom is 0.280 e. The van der Waals surface area contributed by atoms with Crippen LogP contribution in [0.1, 0.15) is 23.2 Å². The van der Waals surface area contributed by atoms with Gasteiger partial charge in [-0.25, -0.2) is 19.3 Å². The summed E-state index contributed by atoms with van der Waals surface area (Å²) in [5.41, 5.74) is 1.26. The van der Waals surface area contributed by atoms with Crippen LogP contribution in [0.3, 0.4) is 0 Å². The van der Waals surface area contributed by atoms with Gasteiger partial charge in [-0.3, -0.25) is 14.8 Å². The molecule has 0 aliphatic heterocycles. The average Bonchev–Trinajstić information content (AvgIpc) is 3.40. The Morgan fingerprint density at radius 3 is 2.65 bits per heavy atom. The molecule has 0 heterocycles. The van der Waals surface area contributed by atoms with Crippen LogP contribution in [0.4, 0.5) is 20.2 Å². The van der Waals surface area contributed by atoms with E-state index in [1.807, 2.05) is 22.6 Å². The van der Waals surface area contributed by atoms with Gasteiger partial charge in [0.25, 0.3) is 5.91 Å². The molecule has 9 heteroatoms. The van der Waals surface area contributed by atoms with E-state index in [-0.39, 0.29) is 16.4 Å². The summed E-state index contributed by atoms with van der Waals surface area (Å²) >= 11 is 8.14. The zero-order chi connectivity index (χ0) is 18.8. The van der Waals surface area contributed by atoms with Crippen LogP contribution in [0.2, 0.25) is 5.02 Å². The van der Waals surface area contributed by atoms with Gasteiger partial charge in [-0.2, -0.15) is 0 Å². The smallest absolute Gasteiger partial charge is 0.280 e. The second kappa shape index (κ2) is 8.03. The van der Waals surface area contributed by atoms with Gasteiger partial charge in [0.2, 0.25) is 0 Å². The molecular weight excluding hydrogens is 481 g/mol. The molecule has 1 fully saturated rings. The first-order valence-corrected chi connectivity index (χ1v) is 9.18. The number of rotatable bonds is 6. The molecule has 0 saturated heterocycles. The van der Waals surface area contributed by atoms with E-state index in [0.29, 0.717) is 17.6 Å². The summed E-state index contributed by atoms with van der Waals surface area (Å²) in [5, 5.41) is 11.2. The zero-order valence-corrected chi connectivity index (χ0v) is 16.2. The van der Waals surface area contributed by atoms with Gasteiger partial charge in [-0.15, -0.1) is 0 Å². The first kappa shape index (κ1) is 19.3. The van der Waals surface area contributed by atoms with Gasteiger partial charge in [0.05, 0.1) is 23.0 Å². The predicted molar refractivity (Wildman–Crippen MR) is 101 cm³/mol. The molecule has 1 aliphatic carbocycles. The zero-order valence-electron chi connectivity index (χ0n) is 13.3. The maximum atomic E-state index is 14.3. The largest absolute Gasteiger partial charge is 0.283 e. The third kappa shape index (κ3) is 4.25. The minimum absolute atomic E-state index is 0.117. The summed E-state index contributed by atoms with van der Waals surface area (Å²) in [5.74, 6) is -3.25. The number of benzene rings is 2. The van der Waals surface area contributed by atoms with Crippen molar-refractivity contribution < 1.29 is 23.6 Å². The van der Waals surface area contributed by atoms with E-state index in [1.54, 1.807) is 12.1 Å². The van der Waals surface area contributed by atoms with Crippen molar-refractivity contribution in [2.24, 2.45) is 5.92 Å². The first-order chi connectivity index (χ1) is 12.4. The molecule has 0 spiro atoms. The molecule has 2 aromatic carbocycles. The number of nitrogens with one attached hydrogen (secondary N) is 1. The van der Waals surface area contributed by atoms with Gasteiger partial charge in [0.15, 0.2) is 11.6 Å². The average molecular weight is 495 g/mol. The number of carbonyl (C=O) groups excluding carboxylic acids is 1. The Morgan fingerprint density at radius 2 is 2.00 bits per heavy atom. The summed E-state index contributed by atoms with van der Waals surface area (Å²) < 4.78 is 28.8. The van der Waals surface area contributed by atoms with Crippen molar-refractivity contribution in [3.63, 3.8) is 0 Å². The number of anilines is 2. The summed E-state index contributed by atoms with van der Waals surface area (Å²) in [6.45, 7) is 0.295. The van der Waals surface area contributed by atoms with E-state index in [9.17, 15) is 18.8 Å². The van der Waals surface area contributed by atoms with Crippen LogP contribution in [-0.2, 0) is 4.84 Å². The Kier molecular flexibility index (Phi) is 5.96. The van der Waals surface area contributed by atoms with E-state index >= 15 is 0 Å². The van der Waals surface area contributed by atoms with Crippen molar-refractivity contribution in [2.45, 2.75) is 12.8 Å². The Balaban J connectivity index is 1.92. The fourth-order valence-electron chi connectivity index (χ4n) is 2.28. The number of nitrogens with zero attached hydrogens (tertiary/aromatic N) is 1. The quantitative estimate of drug-likeness (QED) is 0.446. The van der Waals surface area contributed by atoms with Gasteiger partial charge in [-0.1, -0.05) is 11.6 Å². The summed E-state index contributed by atoms with van der Waals surface area (Å²) in [4.78, 5) is 17.3. The Labute approximate surface area is 166 Å². The van der Waals surface area contributed by atoms with Crippen LogP contribution in [0.5, 0.6) is 0 Å². The summed E-state index contributed by atoms with van der Waals surface area (Å²) in [7, 11) is 0. The second-order valence-electron chi connectivity index (χ2n) is 5.85. The molecular formula is C17H14ClF2IN2O3. The molecule has 0 atom stereocenters. The highest BCUT2D eigenvalue weighted by Crippen LogP contribution is 2.35. The number of amides is 1. The number of carbonyl (C=O) groups is 1. The van der Waals surface area contributed by atoms with E-state index in [0.717, 1.165) is 28.5 Å². The second-order valence-corrected chi connectivity index (χ2v) is 7.50. The van der Waals surface area contributed by atoms with E-state index in [2.05, 4.69) is 5.48 Å². The third-order valence-electron chi connectivity index (χ3n) is 3.85. The highest BCUT2D eigenvalue weighted by Gasteiger charge is 2.26. The number of hydroxylamine groups is 1. The van der Waals surface area contributed by atoms with Gasteiger partial charge < -0.3 is 0 Å². The number of hydrogen-bond acceptors (Lipinski definition) is 4. The highest BCUT2D eigenvalue weighted by molar-refractivity contribution is 14.1. The molecule has 2 N–H and O–H groups in total. The fraction of sp³-hybridized carbons (Fsp3) is 0.235. The molecule has 2 aromatic rings. The molecule has 3 rings (SSSR count). The van der Waals surface area contributed by atoms with Crippen LogP contribution in [-0.4, -0.2) is 17.7 Å². The van der Waals surface area contributed by atoms with Gasteiger partial charge in [0.1, 0.15) is 5.56 Å². The fourth-order valence-corrected chi connectivity index (χ4v) is 3.21. The van der Waals surface area contributed by atoms with Crippen LogP contribution in [0.15, 0.2) is 30.3 Å². The van der Waals surface area contributed by atoms with Gasteiger partial charge >= 0.3 is 0 Å². The van der Waals surface area contributed by atoms with Gasteiger partial charge in [0, 0.05) is 3.57 Å². The molecule has 1 saturated carbocycles. The highest BCUT2D eigenvalue weighted by atomic mass is 127. The van der Waals surface area contributed by atoms with Crippen LogP contribution < -0.4 is 10.5 Å². The Hall–Kier alpha value is -1.49. The predicted octanol–water partition coefficient (Wildman–Crippen LogP) is 4.82. The number of halogens is 4. The standard InChI is InChI=1S/C17H14ClF2IN2O3/c18-11-7-10(21)3-5-13(11)23(25)14-6-4-12(19)16(20)15(14)17(24)22-26-8-9-1-2-9/h3-7,9,25H,1-2,8H2,(H,22,24). The summed E-state index contributed by atoms with van der Waals surface area (Å²) in [6, 6.07) is 6.65. The molecule has 138 valence electrons. The van der Waals surface area contributed by atoms with Gasteiger partial charge in [-0.05, 0) is 71.7 Å². The van der Waals surface area contributed by atoms with Crippen molar-refractivity contribution in [1.29, 1.82) is 0 Å². The normalized spacial score (nSPS) is 13.6. The molecule has 0 bridgehead atoms. The SMILES string of the molecule is O=C(NOCC1CC1)c1c(N(O)c2ccc(I)cc2Cl)ccc(F)c1F. The molecule has 0 radical (unpaired) electrons. The van der Waals surface area contributed by atoms with Crippen molar-refractivity contribution in [3.05, 3.63) is 56.1 Å². The topological polar surface area (TPSA) is 61.8 Å². The minimum Gasteiger partial charge on any atom is -0.283 e.